The van der Waals surface area contributed by atoms with Crippen LogP contribution in [0, 0.1) is 41.5 Å². The lowest BCUT2D eigenvalue weighted by Gasteiger charge is -2.19. The molecule has 0 saturated carbocycles. The van der Waals surface area contributed by atoms with Crippen molar-refractivity contribution in [3.05, 3.63) is 143 Å². The Morgan fingerprint density at radius 3 is 1.00 bits per heavy atom. The van der Waals surface area contributed by atoms with Crippen LogP contribution in [0.5, 0.6) is 0 Å². The molecular formula is C72H78S6. The van der Waals surface area contributed by atoms with Crippen LogP contribution in [0.25, 0.3) is 97.0 Å². The third kappa shape index (κ3) is 10.9. The Kier molecular flexibility index (Phi) is 18.6. The van der Waals surface area contributed by atoms with E-state index in [-0.39, 0.29) is 0 Å². The van der Waals surface area contributed by atoms with Crippen molar-refractivity contribution >= 4 is 168 Å². The summed E-state index contributed by atoms with van der Waals surface area (Å²) in [4.78, 5) is 8.64. The molecule has 12 aromatic rings. The molecule has 0 aromatic heterocycles. The highest BCUT2D eigenvalue weighted by Crippen LogP contribution is 2.48. The van der Waals surface area contributed by atoms with Crippen LogP contribution in [0.3, 0.4) is 0 Å². The fourth-order valence-corrected chi connectivity index (χ4v) is 17.7. The van der Waals surface area contributed by atoms with E-state index >= 15 is 0 Å². The molecule has 0 saturated heterocycles. The molecule has 0 bridgehead atoms. The van der Waals surface area contributed by atoms with Crippen LogP contribution in [-0.2, 0) is 0 Å². The summed E-state index contributed by atoms with van der Waals surface area (Å²) in [6.45, 7) is 27.2. The zero-order valence-electron chi connectivity index (χ0n) is 48.3. The second-order valence-electron chi connectivity index (χ2n) is 21.4. The van der Waals surface area contributed by atoms with Crippen molar-refractivity contribution in [2.45, 2.75) is 151 Å². The Bertz CT molecular complexity index is 3890. The molecule has 0 spiro atoms. The average Bonchev–Trinajstić information content (AvgIpc) is 3.48. The van der Waals surface area contributed by atoms with E-state index in [1.165, 1.54) is 233 Å². The van der Waals surface area contributed by atoms with Crippen molar-refractivity contribution in [2.75, 3.05) is 34.5 Å². The monoisotopic (exact) mass is 1130 g/mol. The van der Waals surface area contributed by atoms with Gasteiger partial charge in [-0.15, -0.1) is 70.6 Å². The van der Waals surface area contributed by atoms with Gasteiger partial charge in [0.05, 0.1) is 0 Å². The molecule has 12 rings (SSSR count). The van der Waals surface area contributed by atoms with E-state index < -0.39 is 0 Å². The Morgan fingerprint density at radius 1 is 0.231 bits per heavy atom. The summed E-state index contributed by atoms with van der Waals surface area (Å²) in [5, 5.41) is 25.8. The molecule has 0 aliphatic rings. The van der Waals surface area contributed by atoms with Gasteiger partial charge >= 0.3 is 0 Å². The molecular weight excluding hydrogens is 1060 g/mol. The minimum Gasteiger partial charge on any atom is -0.126 e. The highest BCUT2D eigenvalue weighted by Gasteiger charge is 2.20. The van der Waals surface area contributed by atoms with Crippen LogP contribution in [-0.4, -0.2) is 34.5 Å². The lowest BCUT2D eigenvalue weighted by molar-refractivity contribution is 1.10. The molecule has 0 aliphatic carbocycles. The molecule has 0 unspecified atom stereocenters. The molecule has 0 nitrogen and oxygen atoms in total. The number of thioether (sulfide) groups is 6. The summed E-state index contributed by atoms with van der Waals surface area (Å²) in [6.07, 6.45) is 7.27. The summed E-state index contributed by atoms with van der Waals surface area (Å²) in [5.41, 5.74) is 8.46. The maximum atomic E-state index is 2.46. The Morgan fingerprint density at radius 2 is 0.551 bits per heavy atom. The summed E-state index contributed by atoms with van der Waals surface area (Å²) in [6, 6.07) is 42.5. The molecule has 0 atom stereocenters. The number of aryl methyl sites for hydroxylation is 6. The predicted octanol–water partition coefficient (Wildman–Crippen LogP) is 24.6. The van der Waals surface area contributed by atoms with Crippen LogP contribution < -0.4 is 0 Å². The van der Waals surface area contributed by atoms with Gasteiger partial charge in [-0.1, -0.05) is 114 Å². The summed E-state index contributed by atoms with van der Waals surface area (Å²) >= 11 is 12.0. The first kappa shape index (κ1) is 57.1. The van der Waals surface area contributed by atoms with Crippen molar-refractivity contribution in [2.24, 2.45) is 0 Å². The maximum Gasteiger partial charge on any atom is 0.0160 e. The molecule has 0 radical (unpaired) electrons. The molecule has 402 valence electrons. The number of hydrogen-bond donors (Lipinski definition) is 0. The minimum atomic E-state index is 1.18. The Labute approximate surface area is 491 Å². The zero-order valence-corrected chi connectivity index (χ0v) is 53.2. The highest BCUT2D eigenvalue weighted by atomic mass is 32.2. The minimum absolute atomic E-state index is 1.18. The van der Waals surface area contributed by atoms with E-state index in [9.17, 15) is 0 Å². The van der Waals surface area contributed by atoms with E-state index in [1.54, 1.807) is 0 Å². The van der Waals surface area contributed by atoms with Crippen LogP contribution in [0.1, 0.15) is 113 Å². The normalized spacial score (nSPS) is 12.0. The number of benzene rings is 12. The van der Waals surface area contributed by atoms with Crippen LogP contribution in [0.15, 0.2) is 139 Å². The van der Waals surface area contributed by atoms with Gasteiger partial charge in [0, 0.05) is 29.4 Å². The van der Waals surface area contributed by atoms with E-state index in [2.05, 4.69) is 192 Å². The van der Waals surface area contributed by atoms with E-state index in [4.69, 9.17) is 0 Å². The molecule has 78 heavy (non-hydrogen) atoms. The van der Waals surface area contributed by atoms with Crippen LogP contribution >= 0.6 is 70.6 Å². The van der Waals surface area contributed by atoms with Crippen LogP contribution in [0.2, 0.25) is 0 Å². The van der Waals surface area contributed by atoms with Gasteiger partial charge in [-0.25, -0.2) is 0 Å². The molecule has 0 fully saturated rings. The predicted molar refractivity (Wildman–Crippen MR) is 365 cm³/mol. The van der Waals surface area contributed by atoms with Crippen molar-refractivity contribution in [1.29, 1.82) is 0 Å². The van der Waals surface area contributed by atoms with Crippen molar-refractivity contribution in [3.8, 4) is 0 Å². The lowest BCUT2D eigenvalue weighted by Crippen LogP contribution is -1.93. The number of hydrogen-bond acceptors (Lipinski definition) is 6. The van der Waals surface area contributed by atoms with Gasteiger partial charge in [-0.05, 0) is 281 Å². The lowest BCUT2D eigenvalue weighted by atomic mass is 9.90. The first-order chi connectivity index (χ1) is 38.0. The molecule has 0 N–H and O–H groups in total. The van der Waals surface area contributed by atoms with Crippen molar-refractivity contribution in [3.63, 3.8) is 0 Å². The molecule has 6 heteroatoms. The second-order valence-corrected chi connectivity index (χ2v) is 28.2. The standard InChI is InChI=1S/3C24H26S2/c1-5-11-25-20-13-17-9-7-16(4)22-21(26-12-6-2)14-19-15(3)8-10-18(20)24(19)23(17)22;1-5-11-25-21-13-17-7-8-18-14-22(26-12-6-2)16(4)20-10-9-19(15(21)3)23(17)24(18)20;1-5-11-25-21-13-15(3)17-7-8-18-16(4)14-22(26-12-6-2)20-10-9-19(21)23(17)24(18)20/h3*7-10,13-14H,5-6,11-12H2,1-4H3. The molecule has 12 aromatic carbocycles. The van der Waals surface area contributed by atoms with Crippen LogP contribution in [0.4, 0.5) is 0 Å². The van der Waals surface area contributed by atoms with Crippen molar-refractivity contribution in [1.82, 2.24) is 0 Å². The summed E-state index contributed by atoms with van der Waals surface area (Å²) in [5.74, 6) is 7.09. The highest BCUT2D eigenvalue weighted by molar-refractivity contribution is 8.00. The van der Waals surface area contributed by atoms with Crippen molar-refractivity contribution < 1.29 is 0 Å². The topological polar surface area (TPSA) is 0 Å². The van der Waals surface area contributed by atoms with Gasteiger partial charge < -0.3 is 0 Å². The van der Waals surface area contributed by atoms with Gasteiger partial charge in [0.25, 0.3) is 0 Å². The molecule has 0 aliphatic heterocycles. The van der Waals surface area contributed by atoms with E-state index in [0.29, 0.717) is 0 Å². The largest absolute Gasteiger partial charge is 0.126 e. The maximum absolute atomic E-state index is 2.46. The summed E-state index contributed by atoms with van der Waals surface area (Å²) < 4.78 is 0. The SMILES string of the molecule is CCCSc1cc(C)c2ccc3c(C)cc(SCCC)c4ccc1c2c34.CCCSc1cc2ccc(C)c3c(SCCC)cc4c(C)ccc1c4c23.CCCSc1cc2ccc3cc(SCCC)c(C)c4ccc(c1C)c2c34. The summed E-state index contributed by atoms with van der Waals surface area (Å²) in [7, 11) is 0. The Hall–Kier alpha value is -4.14. The third-order valence-corrected chi connectivity index (χ3v) is 23.3. The molecule has 0 amide bonds. The fraction of sp³-hybridized carbons (Fsp3) is 0.333. The molecule has 0 heterocycles. The Balaban J connectivity index is 0.000000132. The van der Waals surface area contributed by atoms with Gasteiger partial charge in [0.15, 0.2) is 0 Å². The van der Waals surface area contributed by atoms with Gasteiger partial charge in [-0.2, -0.15) is 0 Å². The van der Waals surface area contributed by atoms with E-state index in [1.807, 2.05) is 70.6 Å². The second kappa shape index (κ2) is 25.3. The average molecular weight is 1140 g/mol. The zero-order chi connectivity index (χ0) is 54.8. The first-order valence-corrected chi connectivity index (χ1v) is 34.8. The first-order valence-electron chi connectivity index (χ1n) is 28.9. The van der Waals surface area contributed by atoms with Gasteiger partial charge in [-0.3, -0.25) is 0 Å². The quantitative estimate of drug-likeness (QED) is 0.0616. The third-order valence-electron chi connectivity index (χ3n) is 15.6. The van der Waals surface area contributed by atoms with Gasteiger partial charge in [0.2, 0.25) is 0 Å². The van der Waals surface area contributed by atoms with E-state index in [0.717, 1.165) is 0 Å². The number of rotatable bonds is 18. The fourth-order valence-electron chi connectivity index (χ4n) is 11.7. The van der Waals surface area contributed by atoms with Gasteiger partial charge in [0.1, 0.15) is 0 Å². The smallest absolute Gasteiger partial charge is 0.0160 e.